The molecule has 0 saturated heterocycles. The molecule has 0 radical (unpaired) electrons. The number of halogens is 1. The number of hydrogen-bond acceptors (Lipinski definition) is 6. The van der Waals surface area contributed by atoms with E-state index in [-0.39, 0.29) is 12.1 Å². The average molecular weight is 465 g/mol. The van der Waals surface area contributed by atoms with Gasteiger partial charge in [0.1, 0.15) is 5.56 Å². The van der Waals surface area contributed by atoms with Crippen LogP contribution in [0.1, 0.15) is 17.3 Å². The van der Waals surface area contributed by atoms with E-state index >= 15 is 0 Å². The molecule has 0 bridgehead atoms. The van der Waals surface area contributed by atoms with Crippen molar-refractivity contribution >= 4 is 27.5 Å². The number of aromatic nitrogens is 4. The molecule has 2 N–H and O–H groups in total. The third-order valence-electron chi connectivity index (χ3n) is 4.34. The van der Waals surface area contributed by atoms with Crippen LogP contribution in [0.25, 0.3) is 17.1 Å². The summed E-state index contributed by atoms with van der Waals surface area (Å²) in [5, 5.41) is 11.6. The number of nitrogens with one attached hydrogen (secondary N) is 2. The molecule has 2 aromatic heterocycles. The van der Waals surface area contributed by atoms with Crippen LogP contribution in [0.5, 0.6) is 0 Å². The zero-order valence-corrected chi connectivity index (χ0v) is 18.6. The molecule has 164 valence electrons. The highest BCUT2D eigenvalue weighted by molar-refractivity contribution is 7.88. The summed E-state index contributed by atoms with van der Waals surface area (Å²) in [6.45, 7) is 1.60. The lowest BCUT2D eigenvalue weighted by atomic mass is 10.1. The van der Waals surface area contributed by atoms with E-state index in [1.54, 1.807) is 44.3 Å². The van der Waals surface area contributed by atoms with Crippen molar-refractivity contribution in [2.45, 2.75) is 13.0 Å². The molecule has 1 aromatic carbocycles. The quantitative estimate of drug-likeness (QED) is 0.536. The van der Waals surface area contributed by atoms with Crippen molar-refractivity contribution in [3.63, 3.8) is 0 Å². The van der Waals surface area contributed by atoms with E-state index in [4.69, 9.17) is 11.6 Å². The molecule has 1 atom stereocenters. The summed E-state index contributed by atoms with van der Waals surface area (Å²) in [4.78, 5) is 25.9. The number of rotatable bonds is 7. The number of sulfonamides is 1. The lowest BCUT2D eigenvalue weighted by Crippen LogP contribution is -2.43. The van der Waals surface area contributed by atoms with E-state index in [9.17, 15) is 18.0 Å². The Hall–Kier alpha value is -3.02. The first-order valence-corrected chi connectivity index (χ1v) is 11.5. The molecular formula is C19H21ClN6O4S. The normalized spacial score (nSPS) is 12.5. The Morgan fingerprint density at radius 3 is 2.48 bits per heavy atom. The van der Waals surface area contributed by atoms with Gasteiger partial charge in [-0.25, -0.2) is 13.1 Å². The molecule has 0 fully saturated rings. The second-order valence-electron chi connectivity index (χ2n) is 6.98. The van der Waals surface area contributed by atoms with Gasteiger partial charge in [-0.3, -0.25) is 14.3 Å². The van der Waals surface area contributed by atoms with Gasteiger partial charge >= 0.3 is 0 Å². The molecule has 0 unspecified atom stereocenters. The van der Waals surface area contributed by atoms with Gasteiger partial charge in [0, 0.05) is 36.3 Å². The van der Waals surface area contributed by atoms with Crippen LogP contribution in [-0.4, -0.2) is 52.7 Å². The van der Waals surface area contributed by atoms with Crippen molar-refractivity contribution < 1.29 is 13.2 Å². The van der Waals surface area contributed by atoms with Crippen LogP contribution in [0.15, 0.2) is 47.4 Å². The maximum Gasteiger partial charge on any atom is 0.285 e. The fourth-order valence-electron chi connectivity index (χ4n) is 2.78. The largest absolute Gasteiger partial charge is 0.348 e. The van der Waals surface area contributed by atoms with Crippen molar-refractivity contribution in [1.29, 1.82) is 0 Å². The lowest BCUT2D eigenvalue weighted by molar-refractivity contribution is 0.0938. The maximum absolute atomic E-state index is 13.1. The average Bonchev–Trinajstić information content (AvgIpc) is 3.12. The van der Waals surface area contributed by atoms with E-state index in [0.29, 0.717) is 22.1 Å². The molecule has 12 heteroatoms. The van der Waals surface area contributed by atoms with Gasteiger partial charge in [0.05, 0.1) is 18.1 Å². The van der Waals surface area contributed by atoms with E-state index in [2.05, 4.69) is 20.2 Å². The molecule has 3 rings (SSSR count). The SMILES string of the molecule is C[C@@H](CNS(C)(=O)=O)NC(=O)c1cc(-c2ccc(Cl)cc2)nn(-c2ccnn2C)c1=O. The maximum atomic E-state index is 13.1. The van der Waals surface area contributed by atoms with Gasteiger partial charge in [-0.05, 0) is 25.1 Å². The second kappa shape index (κ2) is 9.00. The molecule has 31 heavy (non-hydrogen) atoms. The van der Waals surface area contributed by atoms with Crippen molar-refractivity contribution in [1.82, 2.24) is 29.6 Å². The number of nitrogens with zero attached hydrogens (tertiary/aromatic N) is 4. The van der Waals surface area contributed by atoms with E-state index < -0.39 is 27.5 Å². The summed E-state index contributed by atoms with van der Waals surface area (Å²) >= 11 is 5.96. The number of carbonyl (C=O) groups is 1. The molecule has 0 saturated carbocycles. The number of amides is 1. The van der Waals surface area contributed by atoms with E-state index in [1.807, 2.05) is 0 Å². The summed E-state index contributed by atoms with van der Waals surface area (Å²) in [7, 11) is -1.76. The van der Waals surface area contributed by atoms with Crippen LogP contribution < -0.4 is 15.6 Å². The van der Waals surface area contributed by atoms with Crippen molar-refractivity contribution in [2.75, 3.05) is 12.8 Å². The van der Waals surface area contributed by atoms with Crippen LogP contribution in [-0.2, 0) is 17.1 Å². The topological polar surface area (TPSA) is 128 Å². The lowest BCUT2D eigenvalue weighted by Gasteiger charge is -2.15. The van der Waals surface area contributed by atoms with Crippen molar-refractivity contribution in [3.8, 4) is 17.1 Å². The third-order valence-corrected chi connectivity index (χ3v) is 5.28. The van der Waals surface area contributed by atoms with Crippen LogP contribution in [0.2, 0.25) is 5.02 Å². The minimum absolute atomic E-state index is 0.0182. The minimum atomic E-state index is -3.41. The summed E-state index contributed by atoms with van der Waals surface area (Å²) < 4.78 is 27.4. The first kappa shape index (κ1) is 22.7. The Labute approximate surface area is 183 Å². The summed E-state index contributed by atoms with van der Waals surface area (Å²) in [6, 6.07) is 9.24. The first-order valence-electron chi connectivity index (χ1n) is 9.19. The monoisotopic (exact) mass is 464 g/mol. The summed E-state index contributed by atoms with van der Waals surface area (Å²) in [5.74, 6) is -0.275. The second-order valence-corrected chi connectivity index (χ2v) is 9.24. The van der Waals surface area contributed by atoms with E-state index in [0.717, 1.165) is 10.9 Å². The van der Waals surface area contributed by atoms with Crippen LogP contribution >= 0.6 is 11.6 Å². The Morgan fingerprint density at radius 2 is 1.90 bits per heavy atom. The molecule has 10 nitrogen and oxygen atoms in total. The van der Waals surface area contributed by atoms with Crippen molar-refractivity contribution in [3.05, 3.63) is 63.5 Å². The van der Waals surface area contributed by atoms with Gasteiger partial charge in [-0.2, -0.15) is 14.9 Å². The van der Waals surface area contributed by atoms with Crippen LogP contribution in [0, 0.1) is 0 Å². The smallest absolute Gasteiger partial charge is 0.285 e. The highest BCUT2D eigenvalue weighted by atomic mass is 35.5. The summed E-state index contributed by atoms with van der Waals surface area (Å²) in [6.07, 6.45) is 2.53. The fraction of sp³-hybridized carbons (Fsp3) is 0.263. The molecule has 0 spiro atoms. The molecule has 0 aliphatic heterocycles. The van der Waals surface area contributed by atoms with Crippen LogP contribution in [0.3, 0.4) is 0 Å². The molecule has 3 aromatic rings. The Bertz CT molecular complexity index is 1270. The Balaban J connectivity index is 2.03. The zero-order chi connectivity index (χ0) is 22.8. The highest BCUT2D eigenvalue weighted by Gasteiger charge is 2.20. The van der Waals surface area contributed by atoms with E-state index in [1.165, 1.54) is 16.9 Å². The van der Waals surface area contributed by atoms with Gasteiger partial charge in [-0.15, -0.1) is 0 Å². The molecule has 0 aliphatic carbocycles. The molecule has 2 heterocycles. The third kappa shape index (κ3) is 5.57. The molecular weight excluding hydrogens is 444 g/mol. The zero-order valence-electron chi connectivity index (χ0n) is 17.0. The van der Waals surface area contributed by atoms with Gasteiger partial charge in [0.15, 0.2) is 5.82 Å². The van der Waals surface area contributed by atoms with Gasteiger partial charge in [0.2, 0.25) is 10.0 Å². The predicted molar refractivity (Wildman–Crippen MR) is 117 cm³/mol. The van der Waals surface area contributed by atoms with Gasteiger partial charge in [-0.1, -0.05) is 23.7 Å². The molecule has 1 amide bonds. The Kier molecular flexibility index (Phi) is 6.58. The fourth-order valence-corrected chi connectivity index (χ4v) is 3.46. The standard InChI is InChI=1S/C19H21ClN6O4S/c1-12(11-22-31(3,29)30)23-18(27)15-10-16(13-4-6-14(20)7-5-13)24-26(19(15)28)17-8-9-21-25(17)2/h4-10,12,22H,11H2,1-3H3,(H,23,27)/t12-/m0/s1. The minimum Gasteiger partial charge on any atom is -0.348 e. The van der Waals surface area contributed by atoms with Gasteiger partial charge < -0.3 is 5.32 Å². The predicted octanol–water partition coefficient (Wildman–Crippen LogP) is 0.954. The number of carbonyl (C=O) groups excluding carboxylic acids is 1. The number of hydrogen-bond donors (Lipinski definition) is 2. The number of benzene rings is 1. The van der Waals surface area contributed by atoms with Crippen molar-refractivity contribution in [2.24, 2.45) is 7.05 Å². The first-order chi connectivity index (χ1) is 14.5. The Morgan fingerprint density at radius 1 is 1.23 bits per heavy atom. The highest BCUT2D eigenvalue weighted by Crippen LogP contribution is 2.20. The number of aryl methyl sites for hydroxylation is 1. The summed E-state index contributed by atoms with van der Waals surface area (Å²) in [5.41, 5.74) is 0.250. The van der Waals surface area contributed by atoms with Gasteiger partial charge in [0.25, 0.3) is 11.5 Å². The van der Waals surface area contributed by atoms with Crippen LogP contribution in [0.4, 0.5) is 0 Å². The molecule has 0 aliphatic rings.